The topological polar surface area (TPSA) is 152 Å². The van der Waals surface area contributed by atoms with Gasteiger partial charge in [-0.2, -0.15) is 0 Å². The normalized spacial score (nSPS) is 26.1. The summed E-state index contributed by atoms with van der Waals surface area (Å²) in [4.78, 5) is 59.2. The third-order valence-electron chi connectivity index (χ3n) is 3.94. The second-order valence-electron chi connectivity index (χ2n) is 6.03. The van der Waals surface area contributed by atoms with E-state index in [0.717, 1.165) is 0 Å². The number of carbonyl (C=O) groups is 5. The van der Waals surface area contributed by atoms with Gasteiger partial charge in [-0.3, -0.25) is 19.2 Å². The van der Waals surface area contributed by atoms with E-state index in [-0.39, 0.29) is 25.7 Å². The van der Waals surface area contributed by atoms with E-state index < -0.39 is 60.6 Å². The highest BCUT2D eigenvalue weighted by Crippen LogP contribution is 2.30. The lowest BCUT2D eigenvalue weighted by Gasteiger charge is -2.42. The Balaban J connectivity index is 3.41. The van der Waals surface area contributed by atoms with Crippen LogP contribution in [-0.4, -0.2) is 65.7 Å². The molecule has 1 fully saturated rings. The maximum absolute atomic E-state index is 11.9. The van der Waals surface area contributed by atoms with Crippen molar-refractivity contribution in [3.63, 3.8) is 0 Å². The Labute approximate surface area is 167 Å². The number of ether oxygens (including phenoxy) is 5. The van der Waals surface area contributed by atoms with Crippen LogP contribution in [0.15, 0.2) is 0 Å². The largest absolute Gasteiger partial charge is 0.479 e. The third-order valence-corrected chi connectivity index (χ3v) is 3.94. The van der Waals surface area contributed by atoms with Crippen molar-refractivity contribution in [2.75, 3.05) is 0 Å². The molecule has 0 radical (unpaired) electrons. The number of carboxylic acids is 1. The molecule has 164 valence electrons. The highest BCUT2D eigenvalue weighted by atomic mass is 16.7. The smallest absolute Gasteiger partial charge is 0.337 e. The summed E-state index contributed by atoms with van der Waals surface area (Å²) in [5.41, 5.74) is 0. The Bertz CT molecular complexity index is 629. The quantitative estimate of drug-likeness (QED) is 0.416. The first-order chi connectivity index (χ1) is 13.7. The fourth-order valence-electron chi connectivity index (χ4n) is 2.41. The van der Waals surface area contributed by atoms with Gasteiger partial charge in [0.15, 0.2) is 18.3 Å². The number of rotatable bonds is 9. The van der Waals surface area contributed by atoms with E-state index in [1.165, 1.54) is 27.7 Å². The van der Waals surface area contributed by atoms with Crippen LogP contribution in [0, 0.1) is 0 Å². The number of hydrogen-bond acceptors (Lipinski definition) is 10. The van der Waals surface area contributed by atoms with Crippen molar-refractivity contribution in [2.45, 2.75) is 84.1 Å². The van der Waals surface area contributed by atoms with Crippen LogP contribution in [-0.2, 0) is 47.7 Å². The molecule has 0 aromatic heterocycles. The standard InChI is InChI=1S/C18H26O11/c1-5-9(19)25-13-14(26-10(20)6-2)16(27-11(21)7-3)18(28-12(22)8-4)29-15(13)17(23)24/h13-16,18H,5-8H2,1-4H3,(H,23,24)/t13-,14-,15?,16+,18+/m0/s1. The van der Waals surface area contributed by atoms with Crippen LogP contribution in [0.4, 0.5) is 0 Å². The predicted molar refractivity (Wildman–Crippen MR) is 93.2 cm³/mol. The van der Waals surface area contributed by atoms with Crippen LogP contribution < -0.4 is 0 Å². The fraction of sp³-hybridized carbons (Fsp3) is 0.722. The van der Waals surface area contributed by atoms with Crippen molar-refractivity contribution in [1.82, 2.24) is 0 Å². The highest BCUT2D eigenvalue weighted by Gasteiger charge is 2.56. The van der Waals surface area contributed by atoms with Gasteiger partial charge in [0.1, 0.15) is 0 Å². The van der Waals surface area contributed by atoms with E-state index in [2.05, 4.69) is 0 Å². The molecule has 5 atom stereocenters. The first kappa shape index (κ1) is 24.3. The van der Waals surface area contributed by atoms with Crippen LogP contribution in [0.25, 0.3) is 0 Å². The van der Waals surface area contributed by atoms with Crippen molar-refractivity contribution in [3.05, 3.63) is 0 Å². The van der Waals surface area contributed by atoms with Gasteiger partial charge in [0.05, 0.1) is 0 Å². The zero-order chi connectivity index (χ0) is 22.1. The number of carbonyl (C=O) groups excluding carboxylic acids is 4. The molecular weight excluding hydrogens is 392 g/mol. The molecule has 11 nitrogen and oxygen atoms in total. The molecule has 1 unspecified atom stereocenters. The maximum atomic E-state index is 11.9. The van der Waals surface area contributed by atoms with Gasteiger partial charge in [-0.1, -0.05) is 27.7 Å². The van der Waals surface area contributed by atoms with Gasteiger partial charge in [0, 0.05) is 25.7 Å². The molecule has 0 aromatic carbocycles. The van der Waals surface area contributed by atoms with E-state index in [1.54, 1.807) is 0 Å². The molecule has 0 spiro atoms. The van der Waals surface area contributed by atoms with Gasteiger partial charge in [0.25, 0.3) is 0 Å². The van der Waals surface area contributed by atoms with E-state index in [1.807, 2.05) is 0 Å². The number of carboxylic acid groups (broad SMARTS) is 1. The van der Waals surface area contributed by atoms with Gasteiger partial charge >= 0.3 is 29.8 Å². The Hall–Kier alpha value is -2.69. The van der Waals surface area contributed by atoms with Crippen molar-refractivity contribution in [3.8, 4) is 0 Å². The van der Waals surface area contributed by atoms with E-state index in [9.17, 15) is 29.1 Å². The molecule has 1 saturated heterocycles. The first-order valence-corrected chi connectivity index (χ1v) is 9.34. The fourth-order valence-corrected chi connectivity index (χ4v) is 2.41. The van der Waals surface area contributed by atoms with E-state index >= 15 is 0 Å². The summed E-state index contributed by atoms with van der Waals surface area (Å²) in [5, 5.41) is 9.52. The molecule has 0 aliphatic carbocycles. The monoisotopic (exact) mass is 418 g/mol. The van der Waals surface area contributed by atoms with Gasteiger partial charge in [-0.05, 0) is 0 Å². The Morgan fingerprint density at radius 1 is 0.655 bits per heavy atom. The lowest BCUT2D eigenvalue weighted by Crippen LogP contribution is -2.64. The van der Waals surface area contributed by atoms with Gasteiger partial charge in [-0.25, -0.2) is 4.79 Å². The van der Waals surface area contributed by atoms with E-state index in [0.29, 0.717) is 0 Å². The summed E-state index contributed by atoms with van der Waals surface area (Å²) in [6.07, 6.45) is -8.53. The van der Waals surface area contributed by atoms with E-state index in [4.69, 9.17) is 23.7 Å². The van der Waals surface area contributed by atoms with Crippen molar-refractivity contribution < 1.29 is 52.8 Å². The minimum absolute atomic E-state index is 0.0683. The van der Waals surface area contributed by atoms with Crippen molar-refractivity contribution in [2.24, 2.45) is 0 Å². The molecule has 0 aromatic rings. The second kappa shape index (κ2) is 11.3. The molecule has 1 aliphatic heterocycles. The average Bonchev–Trinajstić information content (AvgIpc) is 2.70. The minimum Gasteiger partial charge on any atom is -0.479 e. The first-order valence-electron chi connectivity index (χ1n) is 9.34. The van der Waals surface area contributed by atoms with Gasteiger partial charge in [-0.15, -0.1) is 0 Å². The van der Waals surface area contributed by atoms with Crippen molar-refractivity contribution >= 4 is 29.8 Å². The second-order valence-corrected chi connectivity index (χ2v) is 6.03. The molecular formula is C18H26O11. The molecule has 0 bridgehead atoms. The van der Waals surface area contributed by atoms with Crippen molar-refractivity contribution in [1.29, 1.82) is 0 Å². The summed E-state index contributed by atoms with van der Waals surface area (Å²) in [6.45, 7) is 5.97. The molecule has 1 heterocycles. The minimum atomic E-state index is -1.83. The van der Waals surface area contributed by atoms with Crippen LogP contribution in [0.1, 0.15) is 53.4 Å². The van der Waals surface area contributed by atoms with Gasteiger partial charge < -0.3 is 28.8 Å². The number of esters is 4. The SMILES string of the molecule is CCC(=O)O[C@@H]1OC(C(=O)O)[C@@H](OC(=O)CC)[C@H](OC(=O)CC)[C@H]1OC(=O)CC. The summed E-state index contributed by atoms with van der Waals surface area (Å²) in [5.74, 6) is -4.61. The molecule has 29 heavy (non-hydrogen) atoms. The number of aliphatic carboxylic acids is 1. The molecule has 11 heteroatoms. The van der Waals surface area contributed by atoms with Crippen LogP contribution >= 0.6 is 0 Å². The highest BCUT2D eigenvalue weighted by molar-refractivity contribution is 5.76. The summed E-state index contributed by atoms with van der Waals surface area (Å²) < 4.78 is 26.0. The van der Waals surface area contributed by atoms with Crippen LogP contribution in [0.3, 0.4) is 0 Å². The summed E-state index contributed by atoms with van der Waals surface area (Å²) >= 11 is 0. The zero-order valence-corrected chi connectivity index (χ0v) is 16.7. The molecule has 1 rings (SSSR count). The lowest BCUT2D eigenvalue weighted by molar-refractivity contribution is -0.294. The lowest BCUT2D eigenvalue weighted by atomic mass is 9.97. The van der Waals surface area contributed by atoms with Gasteiger partial charge in [0.2, 0.25) is 12.4 Å². The Morgan fingerprint density at radius 2 is 1.03 bits per heavy atom. The average molecular weight is 418 g/mol. The molecule has 0 amide bonds. The Kier molecular flexibility index (Phi) is 9.53. The van der Waals surface area contributed by atoms with Crippen LogP contribution in [0.5, 0.6) is 0 Å². The Morgan fingerprint density at radius 3 is 1.45 bits per heavy atom. The summed E-state index contributed by atoms with van der Waals surface area (Å²) in [7, 11) is 0. The summed E-state index contributed by atoms with van der Waals surface area (Å²) in [6, 6.07) is 0. The molecule has 0 saturated carbocycles. The molecule has 1 aliphatic rings. The van der Waals surface area contributed by atoms with Crippen LogP contribution in [0.2, 0.25) is 0 Å². The molecule has 1 N–H and O–H groups in total. The predicted octanol–water partition coefficient (Wildman–Crippen LogP) is 0.715. The maximum Gasteiger partial charge on any atom is 0.337 e. The zero-order valence-electron chi connectivity index (χ0n) is 16.7. The number of hydrogen-bond donors (Lipinski definition) is 1. The third kappa shape index (κ3) is 6.70.